The smallest absolute Gasteiger partial charge is 0.461 e. The molecule has 0 fully saturated rings. The lowest BCUT2D eigenvalue weighted by Gasteiger charge is -2.08. The maximum atomic E-state index is 12.2. The Kier molecular flexibility index (Phi) is 4.00. The van der Waals surface area contributed by atoms with Crippen molar-refractivity contribution in [2.75, 3.05) is 0 Å². The molecule has 0 aliphatic carbocycles. The van der Waals surface area contributed by atoms with Gasteiger partial charge in [-0.2, -0.15) is 13.2 Å². The summed E-state index contributed by atoms with van der Waals surface area (Å²) < 4.78 is 63.3. The van der Waals surface area contributed by atoms with Gasteiger partial charge in [-0.25, -0.2) is 8.42 Å². The zero-order valence-electron chi connectivity index (χ0n) is 9.19. The molecule has 1 rings (SSSR count). The average Bonchev–Trinajstić information content (AvgIpc) is 2.25. The predicted octanol–water partition coefficient (Wildman–Crippen LogP) is 2.04. The number of esters is 1. The minimum atomic E-state index is -5.33. The Morgan fingerprint density at radius 2 is 1.72 bits per heavy atom. The summed E-state index contributed by atoms with van der Waals surface area (Å²) in [5, 5.41) is 0. The predicted molar refractivity (Wildman–Crippen MR) is 55.2 cm³/mol. The van der Waals surface area contributed by atoms with E-state index in [0.717, 1.165) is 24.3 Å². The highest BCUT2D eigenvalue weighted by Crippen LogP contribution is 2.30. The van der Waals surface area contributed by atoms with Crippen LogP contribution in [0.3, 0.4) is 0 Å². The number of hydrogen-bond donors (Lipinski definition) is 0. The topological polar surface area (TPSA) is 60.4 Å². The number of sulfone groups is 1. The van der Waals surface area contributed by atoms with Crippen LogP contribution in [0.2, 0.25) is 0 Å². The van der Waals surface area contributed by atoms with Crippen LogP contribution in [0, 0.1) is 0 Å². The molecule has 0 aliphatic rings. The molecule has 0 saturated carbocycles. The standard InChI is InChI=1S/C10H9F3O4S/c1-7(14)17-6-8-2-4-9(5-3-8)18(15,16)10(11,12)13/h2-5H,6H2,1H3. The Bertz CT molecular complexity index is 531. The first kappa shape index (κ1) is 14.5. The molecular formula is C10H9F3O4S. The third kappa shape index (κ3) is 3.22. The maximum Gasteiger partial charge on any atom is 0.501 e. The van der Waals surface area contributed by atoms with Crippen molar-refractivity contribution >= 4 is 15.8 Å². The van der Waals surface area contributed by atoms with E-state index in [1.165, 1.54) is 6.92 Å². The number of benzene rings is 1. The van der Waals surface area contributed by atoms with E-state index < -0.39 is 26.2 Å². The molecule has 100 valence electrons. The van der Waals surface area contributed by atoms with Crippen LogP contribution in [-0.4, -0.2) is 19.9 Å². The number of halogens is 3. The number of ether oxygens (including phenoxy) is 1. The van der Waals surface area contributed by atoms with Gasteiger partial charge in [-0.3, -0.25) is 4.79 Å². The van der Waals surface area contributed by atoms with Crippen LogP contribution in [0.25, 0.3) is 0 Å². The minimum absolute atomic E-state index is 0.123. The van der Waals surface area contributed by atoms with E-state index in [2.05, 4.69) is 4.74 Å². The van der Waals surface area contributed by atoms with E-state index in [9.17, 15) is 26.4 Å². The molecule has 0 atom stereocenters. The van der Waals surface area contributed by atoms with Crippen molar-refractivity contribution in [3.8, 4) is 0 Å². The largest absolute Gasteiger partial charge is 0.501 e. The quantitative estimate of drug-likeness (QED) is 0.796. The van der Waals surface area contributed by atoms with Crippen LogP contribution in [0.5, 0.6) is 0 Å². The van der Waals surface area contributed by atoms with Gasteiger partial charge in [0.2, 0.25) is 0 Å². The second-order valence-electron chi connectivity index (χ2n) is 3.37. The van der Waals surface area contributed by atoms with Gasteiger partial charge in [0, 0.05) is 6.92 Å². The van der Waals surface area contributed by atoms with Gasteiger partial charge in [-0.1, -0.05) is 12.1 Å². The normalized spacial score (nSPS) is 12.2. The first-order chi connectivity index (χ1) is 8.14. The second kappa shape index (κ2) is 4.97. The molecule has 0 bridgehead atoms. The third-order valence-electron chi connectivity index (χ3n) is 1.98. The van der Waals surface area contributed by atoms with Crippen molar-refractivity contribution < 1.29 is 31.1 Å². The highest BCUT2D eigenvalue weighted by atomic mass is 32.2. The van der Waals surface area contributed by atoms with Crippen molar-refractivity contribution in [2.45, 2.75) is 23.9 Å². The molecule has 0 amide bonds. The number of carbonyl (C=O) groups excluding carboxylic acids is 1. The molecule has 0 radical (unpaired) electrons. The van der Waals surface area contributed by atoms with E-state index in [0.29, 0.717) is 5.56 Å². The van der Waals surface area contributed by atoms with Crippen LogP contribution >= 0.6 is 0 Å². The van der Waals surface area contributed by atoms with E-state index >= 15 is 0 Å². The SMILES string of the molecule is CC(=O)OCc1ccc(S(=O)(=O)C(F)(F)F)cc1. The molecule has 0 aromatic heterocycles. The number of carbonyl (C=O) groups is 1. The molecule has 0 unspecified atom stereocenters. The lowest BCUT2D eigenvalue weighted by molar-refractivity contribution is -0.142. The average molecular weight is 282 g/mol. The van der Waals surface area contributed by atoms with Gasteiger partial charge in [-0.05, 0) is 17.7 Å². The summed E-state index contributed by atoms with van der Waals surface area (Å²) in [5.41, 5.74) is -4.93. The first-order valence-corrected chi connectivity index (χ1v) is 6.16. The van der Waals surface area contributed by atoms with Crippen molar-refractivity contribution in [3.05, 3.63) is 29.8 Å². The van der Waals surface area contributed by atoms with Crippen molar-refractivity contribution in [2.24, 2.45) is 0 Å². The third-order valence-corrected chi connectivity index (χ3v) is 3.48. The fraction of sp³-hybridized carbons (Fsp3) is 0.300. The van der Waals surface area contributed by atoms with E-state index in [4.69, 9.17) is 0 Å². The van der Waals surface area contributed by atoms with Gasteiger partial charge >= 0.3 is 11.5 Å². The van der Waals surface area contributed by atoms with Gasteiger partial charge in [0.15, 0.2) is 0 Å². The van der Waals surface area contributed by atoms with Gasteiger partial charge in [0.1, 0.15) is 6.61 Å². The van der Waals surface area contributed by atoms with Gasteiger partial charge < -0.3 is 4.74 Å². The fourth-order valence-electron chi connectivity index (χ4n) is 1.08. The molecule has 8 heteroatoms. The van der Waals surface area contributed by atoms with E-state index in [-0.39, 0.29) is 6.61 Å². The van der Waals surface area contributed by atoms with Crippen molar-refractivity contribution in [3.63, 3.8) is 0 Å². The van der Waals surface area contributed by atoms with Crippen molar-refractivity contribution in [1.82, 2.24) is 0 Å². The molecule has 1 aromatic rings. The Hall–Kier alpha value is -1.57. The molecule has 4 nitrogen and oxygen atoms in total. The lowest BCUT2D eigenvalue weighted by atomic mass is 10.2. The summed E-state index contributed by atoms with van der Waals surface area (Å²) in [6.07, 6.45) is 0. The van der Waals surface area contributed by atoms with Gasteiger partial charge in [0.05, 0.1) is 4.90 Å². The second-order valence-corrected chi connectivity index (χ2v) is 5.31. The highest BCUT2D eigenvalue weighted by Gasteiger charge is 2.46. The number of hydrogen-bond acceptors (Lipinski definition) is 4. The summed E-state index contributed by atoms with van der Waals surface area (Å²) in [6, 6.07) is 3.95. The van der Waals surface area contributed by atoms with Crippen LogP contribution in [0.4, 0.5) is 13.2 Å². The van der Waals surface area contributed by atoms with Crippen LogP contribution in [-0.2, 0) is 26.0 Å². The van der Waals surface area contributed by atoms with Gasteiger partial charge in [0.25, 0.3) is 9.84 Å². The Morgan fingerprint density at radius 3 is 2.11 bits per heavy atom. The monoisotopic (exact) mass is 282 g/mol. The summed E-state index contributed by atoms with van der Waals surface area (Å²) in [4.78, 5) is 9.66. The molecule has 1 aromatic carbocycles. The summed E-state index contributed by atoms with van der Waals surface area (Å²) in [5.74, 6) is -0.540. The fourth-order valence-corrected chi connectivity index (χ4v) is 1.85. The van der Waals surface area contributed by atoms with Crippen molar-refractivity contribution in [1.29, 1.82) is 0 Å². The number of alkyl halides is 3. The zero-order chi connectivity index (χ0) is 14.0. The van der Waals surface area contributed by atoms with Crippen LogP contribution < -0.4 is 0 Å². The molecular weight excluding hydrogens is 273 g/mol. The first-order valence-electron chi connectivity index (χ1n) is 4.68. The minimum Gasteiger partial charge on any atom is -0.461 e. The Morgan fingerprint density at radius 1 is 1.22 bits per heavy atom. The highest BCUT2D eigenvalue weighted by molar-refractivity contribution is 7.92. The summed E-state index contributed by atoms with van der Waals surface area (Å²) >= 11 is 0. The number of rotatable bonds is 3. The molecule has 0 N–H and O–H groups in total. The Balaban J connectivity index is 2.93. The molecule has 18 heavy (non-hydrogen) atoms. The molecule has 0 heterocycles. The van der Waals surface area contributed by atoms with Crippen LogP contribution in [0.15, 0.2) is 29.2 Å². The van der Waals surface area contributed by atoms with E-state index in [1.807, 2.05) is 0 Å². The van der Waals surface area contributed by atoms with E-state index in [1.54, 1.807) is 0 Å². The summed E-state index contributed by atoms with van der Waals surface area (Å²) in [7, 11) is -5.33. The van der Waals surface area contributed by atoms with Gasteiger partial charge in [-0.15, -0.1) is 0 Å². The van der Waals surface area contributed by atoms with Crippen LogP contribution in [0.1, 0.15) is 12.5 Å². The maximum absolute atomic E-state index is 12.2. The molecule has 0 spiro atoms. The molecule has 0 aliphatic heterocycles. The Labute approximate surface area is 101 Å². The zero-order valence-corrected chi connectivity index (χ0v) is 10.0. The molecule has 0 saturated heterocycles. The lowest BCUT2D eigenvalue weighted by Crippen LogP contribution is -2.23. The summed E-state index contributed by atoms with van der Waals surface area (Å²) in [6.45, 7) is 1.06.